The molecule has 3 heterocycles. The number of likely N-dealkylation sites (tertiary alicyclic amines) is 3. The molecule has 1 aromatic carbocycles. The monoisotopic (exact) mass is 369 g/mol. The van der Waals surface area contributed by atoms with Gasteiger partial charge < -0.3 is 14.7 Å². The van der Waals surface area contributed by atoms with Gasteiger partial charge in [0.1, 0.15) is 0 Å². The molecule has 5 nitrogen and oxygen atoms in total. The Morgan fingerprint density at radius 1 is 1.04 bits per heavy atom. The Kier molecular flexibility index (Phi) is 5.11. The van der Waals surface area contributed by atoms with E-state index in [1.807, 2.05) is 32.9 Å². The van der Waals surface area contributed by atoms with Gasteiger partial charge in [-0.1, -0.05) is 30.3 Å². The number of urea groups is 1. The van der Waals surface area contributed by atoms with Gasteiger partial charge in [-0.25, -0.2) is 4.79 Å². The maximum absolute atomic E-state index is 13.0. The van der Waals surface area contributed by atoms with Gasteiger partial charge in [-0.3, -0.25) is 4.79 Å². The maximum atomic E-state index is 13.0. The summed E-state index contributed by atoms with van der Waals surface area (Å²) in [7, 11) is 0. The van der Waals surface area contributed by atoms with Crippen LogP contribution in [0.3, 0.4) is 0 Å². The summed E-state index contributed by atoms with van der Waals surface area (Å²) in [5, 5.41) is 0. The van der Waals surface area contributed by atoms with Crippen LogP contribution in [0.15, 0.2) is 30.3 Å². The number of carbonyl (C=O) groups excluding carboxylic acids is 2. The fourth-order valence-corrected chi connectivity index (χ4v) is 5.14. The number of carbonyl (C=O) groups is 2. The van der Waals surface area contributed by atoms with Gasteiger partial charge in [0.15, 0.2) is 0 Å². The second-order valence-electron chi connectivity index (χ2n) is 8.48. The summed E-state index contributed by atoms with van der Waals surface area (Å²) in [6.45, 7) is 7.15. The Labute approximate surface area is 162 Å². The Hall–Kier alpha value is -2.04. The molecule has 4 rings (SSSR count). The van der Waals surface area contributed by atoms with E-state index < -0.39 is 0 Å². The molecule has 146 valence electrons. The summed E-state index contributed by atoms with van der Waals surface area (Å²) in [6.07, 6.45) is 5.18. The van der Waals surface area contributed by atoms with E-state index in [1.54, 1.807) is 0 Å². The van der Waals surface area contributed by atoms with E-state index in [2.05, 4.69) is 19.1 Å². The first-order chi connectivity index (χ1) is 13.1. The number of rotatable bonds is 2. The van der Waals surface area contributed by atoms with E-state index in [9.17, 15) is 9.59 Å². The minimum Gasteiger partial charge on any atom is -0.342 e. The van der Waals surface area contributed by atoms with Crippen LogP contribution in [0.2, 0.25) is 0 Å². The molecule has 3 saturated heterocycles. The minimum atomic E-state index is -0.0410. The molecule has 5 heteroatoms. The van der Waals surface area contributed by atoms with E-state index in [0.717, 1.165) is 76.9 Å². The number of nitrogens with zero attached hydrogens (tertiary/aromatic N) is 3. The number of hydrogen-bond donors (Lipinski definition) is 0. The predicted molar refractivity (Wildman–Crippen MR) is 105 cm³/mol. The molecule has 3 fully saturated rings. The highest BCUT2D eigenvalue weighted by Crippen LogP contribution is 2.45. The lowest BCUT2D eigenvalue weighted by molar-refractivity contribution is -0.141. The van der Waals surface area contributed by atoms with Gasteiger partial charge in [0.25, 0.3) is 0 Å². The van der Waals surface area contributed by atoms with E-state index in [0.29, 0.717) is 0 Å². The molecule has 1 aromatic rings. The smallest absolute Gasteiger partial charge is 0.319 e. The third kappa shape index (κ3) is 3.56. The van der Waals surface area contributed by atoms with Crippen molar-refractivity contribution < 1.29 is 9.59 Å². The van der Waals surface area contributed by atoms with Crippen LogP contribution >= 0.6 is 0 Å². The molecule has 0 saturated carbocycles. The lowest BCUT2D eigenvalue weighted by atomic mass is 9.67. The molecule has 0 N–H and O–H groups in total. The van der Waals surface area contributed by atoms with Gasteiger partial charge in [0.2, 0.25) is 5.91 Å². The molecule has 1 atom stereocenters. The molecular formula is C22H31N3O2. The minimum absolute atomic E-state index is 0.0410. The van der Waals surface area contributed by atoms with Crippen molar-refractivity contribution in [1.29, 1.82) is 0 Å². The molecular weight excluding hydrogens is 338 g/mol. The maximum Gasteiger partial charge on any atom is 0.319 e. The number of piperidine rings is 2. The zero-order valence-electron chi connectivity index (χ0n) is 16.4. The molecule has 3 amide bonds. The van der Waals surface area contributed by atoms with Crippen LogP contribution in [0.25, 0.3) is 0 Å². The molecule has 0 bridgehead atoms. The average Bonchev–Trinajstić information content (AvgIpc) is 3.25. The Morgan fingerprint density at radius 2 is 1.67 bits per heavy atom. The van der Waals surface area contributed by atoms with E-state index in [1.165, 1.54) is 0 Å². The van der Waals surface area contributed by atoms with Crippen molar-refractivity contribution in [2.24, 2.45) is 5.41 Å². The topological polar surface area (TPSA) is 43.9 Å². The lowest BCUT2D eigenvalue weighted by Crippen LogP contribution is -2.55. The van der Waals surface area contributed by atoms with E-state index in [4.69, 9.17) is 0 Å². The van der Waals surface area contributed by atoms with Gasteiger partial charge in [0, 0.05) is 39.3 Å². The molecule has 0 radical (unpaired) electrons. The van der Waals surface area contributed by atoms with Gasteiger partial charge in [-0.05, 0) is 50.0 Å². The van der Waals surface area contributed by atoms with Crippen molar-refractivity contribution in [3.63, 3.8) is 0 Å². The van der Waals surface area contributed by atoms with E-state index in [-0.39, 0.29) is 23.3 Å². The van der Waals surface area contributed by atoms with Crippen LogP contribution in [0.1, 0.15) is 50.5 Å². The summed E-state index contributed by atoms with van der Waals surface area (Å²) in [5.41, 5.74) is 1.28. The molecule has 0 aliphatic carbocycles. The third-order valence-electron chi connectivity index (χ3n) is 6.83. The molecule has 3 aliphatic heterocycles. The fourth-order valence-electron chi connectivity index (χ4n) is 5.14. The van der Waals surface area contributed by atoms with Crippen molar-refractivity contribution in [1.82, 2.24) is 14.7 Å². The average molecular weight is 370 g/mol. The first kappa shape index (κ1) is 18.3. The van der Waals surface area contributed by atoms with E-state index >= 15 is 0 Å². The molecule has 3 aliphatic rings. The Bertz CT molecular complexity index is 676. The van der Waals surface area contributed by atoms with Gasteiger partial charge >= 0.3 is 6.03 Å². The zero-order chi connectivity index (χ0) is 18.9. The number of benzene rings is 1. The van der Waals surface area contributed by atoms with Crippen LogP contribution in [0, 0.1) is 5.41 Å². The molecule has 1 spiro atoms. The molecule has 1 unspecified atom stereocenters. The summed E-state index contributed by atoms with van der Waals surface area (Å²) in [6, 6.07) is 10.5. The van der Waals surface area contributed by atoms with Crippen LogP contribution in [-0.4, -0.2) is 65.9 Å². The highest BCUT2D eigenvalue weighted by atomic mass is 16.2. The van der Waals surface area contributed by atoms with Crippen LogP contribution in [-0.2, 0) is 4.79 Å². The Morgan fingerprint density at radius 3 is 2.30 bits per heavy atom. The zero-order valence-corrected chi connectivity index (χ0v) is 16.4. The third-order valence-corrected chi connectivity index (χ3v) is 6.83. The standard InChI is InChI=1S/C22H31N3O2/c1-2-23-17-22(16-19(20(23)26)18-8-4-3-5-9-18)10-14-25(15-11-22)21(27)24-12-6-7-13-24/h3-5,8-9,19H,2,6-7,10-17H2,1H3. The van der Waals surface area contributed by atoms with Crippen LogP contribution in [0.4, 0.5) is 4.79 Å². The van der Waals surface area contributed by atoms with Crippen molar-refractivity contribution in [3.8, 4) is 0 Å². The van der Waals surface area contributed by atoms with Crippen molar-refractivity contribution >= 4 is 11.9 Å². The highest BCUT2D eigenvalue weighted by molar-refractivity contribution is 5.84. The second-order valence-corrected chi connectivity index (χ2v) is 8.48. The fraction of sp³-hybridized carbons (Fsp3) is 0.636. The highest BCUT2D eigenvalue weighted by Gasteiger charge is 2.46. The predicted octanol–water partition coefficient (Wildman–Crippen LogP) is 3.32. The van der Waals surface area contributed by atoms with Crippen molar-refractivity contribution in [2.45, 2.75) is 44.9 Å². The second kappa shape index (κ2) is 7.53. The SMILES string of the molecule is CCN1CC2(CCN(C(=O)N3CCCC3)CC2)CC(c2ccccc2)C1=O. The summed E-state index contributed by atoms with van der Waals surface area (Å²) >= 11 is 0. The summed E-state index contributed by atoms with van der Waals surface area (Å²) in [4.78, 5) is 31.8. The summed E-state index contributed by atoms with van der Waals surface area (Å²) < 4.78 is 0. The summed E-state index contributed by atoms with van der Waals surface area (Å²) in [5.74, 6) is 0.227. The Balaban J connectivity index is 1.48. The normalized spacial score (nSPS) is 25.3. The van der Waals surface area contributed by atoms with Crippen LogP contribution < -0.4 is 0 Å². The van der Waals surface area contributed by atoms with Crippen molar-refractivity contribution in [2.75, 3.05) is 39.3 Å². The quantitative estimate of drug-likeness (QED) is 0.803. The van der Waals surface area contributed by atoms with Gasteiger partial charge in [0.05, 0.1) is 5.92 Å². The van der Waals surface area contributed by atoms with Crippen molar-refractivity contribution in [3.05, 3.63) is 35.9 Å². The van der Waals surface area contributed by atoms with Gasteiger partial charge in [-0.2, -0.15) is 0 Å². The van der Waals surface area contributed by atoms with Crippen LogP contribution in [0.5, 0.6) is 0 Å². The lowest BCUT2D eigenvalue weighted by Gasteiger charge is -2.50. The first-order valence-corrected chi connectivity index (χ1v) is 10.5. The first-order valence-electron chi connectivity index (χ1n) is 10.5. The number of amides is 3. The molecule has 0 aromatic heterocycles. The molecule has 27 heavy (non-hydrogen) atoms. The number of hydrogen-bond acceptors (Lipinski definition) is 2. The largest absolute Gasteiger partial charge is 0.342 e. The van der Waals surface area contributed by atoms with Gasteiger partial charge in [-0.15, -0.1) is 0 Å². The number of likely N-dealkylation sites (N-methyl/N-ethyl adjacent to an activating group) is 1.